The van der Waals surface area contributed by atoms with E-state index in [-0.39, 0.29) is 0 Å². The van der Waals surface area contributed by atoms with Gasteiger partial charge in [-0.15, -0.1) is 0 Å². The normalized spacial score (nSPS) is 12.6. The minimum Gasteiger partial charge on any atom is -0.493 e. The second-order valence-electron chi connectivity index (χ2n) is 4.77. The van der Waals surface area contributed by atoms with E-state index in [0.29, 0.717) is 37.1 Å². The van der Waals surface area contributed by atoms with Crippen molar-refractivity contribution >= 4 is 5.69 Å². The molecule has 0 saturated carbocycles. The quantitative estimate of drug-likeness (QED) is 0.915. The number of anilines is 1. The van der Waals surface area contributed by atoms with E-state index < -0.39 is 0 Å². The zero-order valence-electron chi connectivity index (χ0n) is 12.6. The van der Waals surface area contributed by atoms with E-state index in [0.717, 1.165) is 17.0 Å². The lowest BCUT2D eigenvalue weighted by Gasteiger charge is -2.21. The first-order chi connectivity index (χ1) is 10.8. The first-order valence-corrected chi connectivity index (χ1v) is 7.00. The molecule has 1 aromatic heterocycles. The average Bonchev–Trinajstić information content (AvgIpc) is 2.59. The van der Waals surface area contributed by atoms with Crippen molar-refractivity contribution in [1.82, 2.24) is 4.98 Å². The Hall–Kier alpha value is -2.63. The largest absolute Gasteiger partial charge is 0.493 e. The summed E-state index contributed by atoms with van der Waals surface area (Å²) in [7, 11) is 3.22. The zero-order chi connectivity index (χ0) is 15.4. The number of pyridine rings is 1. The predicted octanol–water partition coefficient (Wildman–Crippen LogP) is 2.48. The number of fused-ring (bicyclic) bond motifs is 1. The number of aromatic nitrogens is 1. The lowest BCUT2D eigenvalue weighted by molar-refractivity contribution is 0.165. The summed E-state index contributed by atoms with van der Waals surface area (Å²) < 4.78 is 21.6. The minimum atomic E-state index is 0.540. The lowest BCUT2D eigenvalue weighted by atomic mass is 10.1. The molecule has 2 heterocycles. The van der Waals surface area contributed by atoms with Crippen molar-refractivity contribution in [3.63, 3.8) is 0 Å². The Morgan fingerprint density at radius 1 is 1.14 bits per heavy atom. The van der Waals surface area contributed by atoms with Gasteiger partial charge in [0.15, 0.2) is 11.5 Å². The number of methoxy groups -OCH3 is 2. The fourth-order valence-electron chi connectivity index (χ4n) is 2.24. The third-order valence-corrected chi connectivity index (χ3v) is 3.33. The van der Waals surface area contributed by atoms with Gasteiger partial charge in [0.2, 0.25) is 11.6 Å². The number of hydrogen-bond donors (Lipinski definition) is 1. The van der Waals surface area contributed by atoms with Crippen LogP contribution in [0.3, 0.4) is 0 Å². The van der Waals surface area contributed by atoms with E-state index in [1.807, 2.05) is 24.3 Å². The van der Waals surface area contributed by atoms with Crippen LogP contribution < -0.4 is 24.3 Å². The monoisotopic (exact) mass is 302 g/mol. The Balaban J connectivity index is 1.74. The van der Waals surface area contributed by atoms with E-state index in [1.165, 1.54) is 0 Å². The molecular weight excluding hydrogens is 284 g/mol. The highest BCUT2D eigenvalue weighted by Gasteiger charge is 2.18. The summed E-state index contributed by atoms with van der Waals surface area (Å²) in [6.45, 7) is 1.72. The Bertz CT molecular complexity index is 626. The van der Waals surface area contributed by atoms with Gasteiger partial charge in [-0.05, 0) is 23.8 Å². The van der Waals surface area contributed by atoms with Crippen molar-refractivity contribution in [2.75, 3.05) is 32.8 Å². The summed E-state index contributed by atoms with van der Waals surface area (Å²) in [5, 5.41) is 3.30. The van der Waals surface area contributed by atoms with Crippen LogP contribution in [0.25, 0.3) is 0 Å². The molecule has 0 radical (unpaired) electrons. The lowest BCUT2D eigenvalue weighted by Crippen LogP contribution is -2.16. The van der Waals surface area contributed by atoms with E-state index in [2.05, 4.69) is 10.3 Å². The standard InChI is InChI=1S/C16H18N2O4/c1-19-13-7-11(8-14-16(13)22-6-5-21-14)9-17-12-3-4-15(20-2)18-10-12/h3-4,7-8,10,17H,5-6,9H2,1-2H3. The van der Waals surface area contributed by atoms with Crippen molar-refractivity contribution in [3.8, 4) is 23.1 Å². The molecule has 116 valence electrons. The number of rotatable bonds is 5. The van der Waals surface area contributed by atoms with Crippen molar-refractivity contribution in [2.24, 2.45) is 0 Å². The molecule has 6 nitrogen and oxygen atoms in total. The Morgan fingerprint density at radius 3 is 2.73 bits per heavy atom. The summed E-state index contributed by atoms with van der Waals surface area (Å²) >= 11 is 0. The molecule has 0 aliphatic carbocycles. The molecule has 0 atom stereocenters. The van der Waals surface area contributed by atoms with Gasteiger partial charge in [0.25, 0.3) is 0 Å². The number of hydrogen-bond acceptors (Lipinski definition) is 6. The fraction of sp³-hybridized carbons (Fsp3) is 0.312. The molecule has 0 bridgehead atoms. The van der Waals surface area contributed by atoms with E-state index in [9.17, 15) is 0 Å². The smallest absolute Gasteiger partial charge is 0.213 e. The Kier molecular flexibility index (Phi) is 4.18. The molecular formula is C16H18N2O4. The molecule has 6 heteroatoms. The summed E-state index contributed by atoms with van der Waals surface area (Å²) in [6, 6.07) is 7.63. The third-order valence-electron chi connectivity index (χ3n) is 3.33. The molecule has 0 spiro atoms. The molecule has 1 N–H and O–H groups in total. The molecule has 2 aromatic rings. The van der Waals surface area contributed by atoms with Crippen LogP contribution in [0.5, 0.6) is 23.1 Å². The molecule has 0 amide bonds. The first-order valence-electron chi connectivity index (χ1n) is 7.00. The van der Waals surface area contributed by atoms with Crippen LogP contribution in [0.1, 0.15) is 5.56 Å². The highest BCUT2D eigenvalue weighted by atomic mass is 16.6. The molecule has 1 aliphatic heterocycles. The van der Waals surface area contributed by atoms with Gasteiger partial charge in [0.05, 0.1) is 26.1 Å². The maximum atomic E-state index is 5.63. The van der Waals surface area contributed by atoms with Gasteiger partial charge >= 0.3 is 0 Å². The third kappa shape index (κ3) is 3.00. The van der Waals surface area contributed by atoms with Crippen molar-refractivity contribution in [1.29, 1.82) is 0 Å². The van der Waals surface area contributed by atoms with Crippen molar-refractivity contribution in [2.45, 2.75) is 6.54 Å². The van der Waals surface area contributed by atoms with Crippen LogP contribution in [0, 0.1) is 0 Å². The average molecular weight is 302 g/mol. The van der Waals surface area contributed by atoms with Gasteiger partial charge in [0, 0.05) is 12.6 Å². The SMILES string of the molecule is COc1ccc(NCc2cc(OC)c3c(c2)OCCO3)cn1. The van der Waals surface area contributed by atoms with Crippen LogP contribution in [-0.2, 0) is 6.54 Å². The molecule has 3 rings (SSSR count). The maximum Gasteiger partial charge on any atom is 0.213 e. The second kappa shape index (κ2) is 6.43. The number of nitrogens with one attached hydrogen (secondary N) is 1. The van der Waals surface area contributed by atoms with Crippen molar-refractivity contribution < 1.29 is 18.9 Å². The van der Waals surface area contributed by atoms with Crippen LogP contribution >= 0.6 is 0 Å². The van der Waals surface area contributed by atoms with Gasteiger partial charge < -0.3 is 24.3 Å². The summed E-state index contributed by atoms with van der Waals surface area (Å²) in [5.74, 6) is 2.66. The van der Waals surface area contributed by atoms with Crippen LogP contribution in [0.4, 0.5) is 5.69 Å². The van der Waals surface area contributed by atoms with Crippen LogP contribution in [0.2, 0.25) is 0 Å². The topological polar surface area (TPSA) is 61.8 Å². The van der Waals surface area contributed by atoms with Crippen LogP contribution in [-0.4, -0.2) is 32.4 Å². The van der Waals surface area contributed by atoms with Gasteiger partial charge in [-0.2, -0.15) is 0 Å². The van der Waals surface area contributed by atoms with E-state index in [4.69, 9.17) is 18.9 Å². The second-order valence-corrected chi connectivity index (χ2v) is 4.77. The molecule has 0 saturated heterocycles. The zero-order valence-corrected chi connectivity index (χ0v) is 12.6. The maximum absolute atomic E-state index is 5.63. The Morgan fingerprint density at radius 2 is 2.00 bits per heavy atom. The summed E-state index contributed by atoms with van der Waals surface area (Å²) in [6.07, 6.45) is 1.73. The number of ether oxygens (including phenoxy) is 4. The molecule has 1 aliphatic rings. The number of nitrogens with zero attached hydrogens (tertiary/aromatic N) is 1. The summed E-state index contributed by atoms with van der Waals surface area (Å²) in [4.78, 5) is 4.16. The van der Waals surface area contributed by atoms with Gasteiger partial charge in [-0.1, -0.05) is 0 Å². The predicted molar refractivity (Wildman–Crippen MR) is 82.1 cm³/mol. The van der Waals surface area contributed by atoms with Gasteiger partial charge in [-0.25, -0.2) is 4.98 Å². The molecule has 22 heavy (non-hydrogen) atoms. The van der Waals surface area contributed by atoms with Crippen LogP contribution in [0.15, 0.2) is 30.5 Å². The highest BCUT2D eigenvalue weighted by molar-refractivity contribution is 5.55. The molecule has 0 fully saturated rings. The fourth-order valence-corrected chi connectivity index (χ4v) is 2.24. The molecule has 0 unspecified atom stereocenters. The van der Waals surface area contributed by atoms with E-state index in [1.54, 1.807) is 20.4 Å². The van der Waals surface area contributed by atoms with Gasteiger partial charge in [0.1, 0.15) is 13.2 Å². The van der Waals surface area contributed by atoms with Gasteiger partial charge in [-0.3, -0.25) is 0 Å². The number of benzene rings is 1. The summed E-state index contributed by atoms with van der Waals surface area (Å²) in [5.41, 5.74) is 1.95. The molecule has 1 aromatic carbocycles. The minimum absolute atomic E-state index is 0.540. The first kappa shape index (κ1) is 14.3. The highest BCUT2D eigenvalue weighted by Crippen LogP contribution is 2.40. The van der Waals surface area contributed by atoms with Crippen molar-refractivity contribution in [3.05, 3.63) is 36.0 Å². The van der Waals surface area contributed by atoms with E-state index >= 15 is 0 Å². The Labute approximate surface area is 129 Å².